The first-order valence-corrected chi connectivity index (χ1v) is 14.9. The molecule has 2 fully saturated rings. The third-order valence-electron chi connectivity index (χ3n) is 6.60. The molecule has 39 heavy (non-hydrogen) atoms. The Bertz CT molecular complexity index is 1230. The second-order valence-corrected chi connectivity index (χ2v) is 11.5. The second kappa shape index (κ2) is 12.7. The van der Waals surface area contributed by atoms with Gasteiger partial charge in [0.1, 0.15) is 11.7 Å². The lowest BCUT2D eigenvalue weighted by molar-refractivity contribution is -0.134. The lowest BCUT2D eigenvalue weighted by atomic mass is 10.1. The summed E-state index contributed by atoms with van der Waals surface area (Å²) in [6.45, 7) is 3.03. The van der Waals surface area contributed by atoms with Crippen LogP contribution in [0.25, 0.3) is 11.4 Å². The Morgan fingerprint density at radius 1 is 1.08 bits per heavy atom. The van der Waals surface area contributed by atoms with Crippen molar-refractivity contribution in [2.24, 2.45) is 0 Å². The van der Waals surface area contributed by atoms with Gasteiger partial charge >= 0.3 is 13.7 Å². The zero-order valence-corrected chi connectivity index (χ0v) is 22.8. The Labute approximate surface area is 226 Å². The number of unbranched alkanes of at least 4 members (excludes halogenated alkanes) is 1. The van der Waals surface area contributed by atoms with Crippen LogP contribution < -0.4 is 5.32 Å². The van der Waals surface area contributed by atoms with E-state index in [1.807, 2.05) is 37.3 Å². The van der Waals surface area contributed by atoms with Gasteiger partial charge in [-0.05, 0) is 25.3 Å². The maximum absolute atomic E-state index is 13.3. The molecule has 4 rings (SSSR count). The molecule has 0 spiro atoms. The lowest BCUT2D eigenvalue weighted by Crippen LogP contribution is -2.56. The fraction of sp³-hybridized carbons (Fsp3) is 0.500. The highest BCUT2D eigenvalue weighted by atomic mass is 31.2. The van der Waals surface area contributed by atoms with Crippen molar-refractivity contribution in [3.63, 3.8) is 0 Å². The fourth-order valence-corrected chi connectivity index (χ4v) is 4.99. The van der Waals surface area contributed by atoms with E-state index in [0.29, 0.717) is 18.1 Å². The summed E-state index contributed by atoms with van der Waals surface area (Å²) in [7, 11) is -4.67. The van der Waals surface area contributed by atoms with Crippen LogP contribution in [-0.4, -0.2) is 92.5 Å². The number of nitrogens with one attached hydrogen (secondary N) is 1. The molecule has 1 saturated heterocycles. The zero-order chi connectivity index (χ0) is 28.0. The summed E-state index contributed by atoms with van der Waals surface area (Å²) in [6, 6.07) is 9.28. The van der Waals surface area contributed by atoms with Crippen molar-refractivity contribution in [3.05, 3.63) is 47.8 Å². The predicted octanol–water partition coefficient (Wildman–Crippen LogP) is 2.38. The first-order valence-electron chi connectivity index (χ1n) is 13.1. The molecule has 1 atom stereocenters. The average molecular weight is 560 g/mol. The number of hydrogen-bond acceptors (Lipinski definition) is 7. The number of rotatable bonds is 10. The molecule has 2 aromatic rings. The quantitative estimate of drug-likeness (QED) is 0.293. The van der Waals surface area contributed by atoms with Crippen LogP contribution in [0.4, 0.5) is 4.79 Å². The molecule has 1 aliphatic heterocycles. The molecule has 3 amide bonds. The summed E-state index contributed by atoms with van der Waals surface area (Å²) >= 11 is 0. The Kier molecular flexibility index (Phi) is 9.32. The van der Waals surface area contributed by atoms with Gasteiger partial charge < -0.3 is 29.6 Å². The van der Waals surface area contributed by atoms with Crippen molar-refractivity contribution >= 4 is 25.5 Å². The van der Waals surface area contributed by atoms with Crippen LogP contribution in [0.3, 0.4) is 0 Å². The van der Waals surface area contributed by atoms with Gasteiger partial charge in [0.15, 0.2) is 5.82 Å². The van der Waals surface area contributed by atoms with Gasteiger partial charge in [-0.1, -0.05) is 43.7 Å². The van der Waals surface area contributed by atoms with E-state index in [9.17, 15) is 28.7 Å². The molecule has 12 nitrogen and oxygen atoms in total. The van der Waals surface area contributed by atoms with Crippen molar-refractivity contribution in [2.45, 2.75) is 44.6 Å². The largest absolute Gasteiger partial charge is 0.449 e. The Hall–Kier alpha value is -3.34. The van der Waals surface area contributed by atoms with Crippen LogP contribution in [0, 0.1) is 0 Å². The van der Waals surface area contributed by atoms with Gasteiger partial charge in [0.2, 0.25) is 5.91 Å². The molecule has 1 saturated carbocycles. The Balaban J connectivity index is 1.47. The van der Waals surface area contributed by atoms with Crippen LogP contribution in [0.5, 0.6) is 0 Å². The zero-order valence-electron chi connectivity index (χ0n) is 21.9. The summed E-state index contributed by atoms with van der Waals surface area (Å²) in [5, 5.41) is 2.50. The molecule has 0 radical (unpaired) electrons. The molecule has 210 valence electrons. The Morgan fingerprint density at radius 2 is 1.74 bits per heavy atom. The number of carbonyl (C=O) groups excluding carboxylic acids is 3. The molecular weight excluding hydrogens is 525 g/mol. The summed E-state index contributed by atoms with van der Waals surface area (Å²) in [5.74, 6) is -0.767. The minimum atomic E-state index is -4.67. The predicted molar refractivity (Wildman–Crippen MR) is 142 cm³/mol. The first kappa shape index (κ1) is 28.7. The van der Waals surface area contributed by atoms with Crippen molar-refractivity contribution < 1.29 is 33.5 Å². The highest BCUT2D eigenvalue weighted by molar-refractivity contribution is 7.51. The van der Waals surface area contributed by atoms with Crippen LogP contribution in [0.15, 0.2) is 36.4 Å². The van der Waals surface area contributed by atoms with E-state index in [1.54, 1.807) is 6.07 Å². The van der Waals surface area contributed by atoms with Gasteiger partial charge in [-0.15, -0.1) is 0 Å². The smallest absolute Gasteiger partial charge is 0.409 e. The van der Waals surface area contributed by atoms with E-state index in [-0.39, 0.29) is 37.8 Å². The van der Waals surface area contributed by atoms with E-state index in [2.05, 4.69) is 15.3 Å². The molecule has 1 aliphatic carbocycles. The number of piperazine rings is 1. The molecule has 1 aromatic heterocycles. The van der Waals surface area contributed by atoms with E-state index in [1.165, 1.54) is 9.80 Å². The molecule has 2 heterocycles. The number of benzene rings is 1. The van der Waals surface area contributed by atoms with E-state index in [0.717, 1.165) is 31.2 Å². The molecule has 0 bridgehead atoms. The van der Waals surface area contributed by atoms with Crippen molar-refractivity contribution in [3.8, 4) is 11.4 Å². The summed E-state index contributed by atoms with van der Waals surface area (Å²) in [5.41, 5.74) is 1.46. The summed E-state index contributed by atoms with van der Waals surface area (Å²) in [4.78, 5) is 70.0. The standard InChI is InChI=1S/C26H34N5O7P/c1-2-3-15-38-26(34)31-13-11-30(12-14-31)25(33)22(17-39(35,36)37)29-24(32)21-16-20(18-9-10-18)27-23(28-21)19-7-5-4-6-8-19/h4-8,16,18,22H,2-3,9-15,17H2,1H3,(H,29,32)(H2,35,36,37). The molecule has 2 aliphatic rings. The van der Waals surface area contributed by atoms with E-state index < -0.39 is 37.7 Å². The van der Waals surface area contributed by atoms with Gasteiger partial charge in [0, 0.05) is 43.4 Å². The topological polar surface area (TPSA) is 162 Å². The fourth-order valence-electron chi connectivity index (χ4n) is 4.27. The van der Waals surface area contributed by atoms with Crippen LogP contribution in [-0.2, 0) is 14.1 Å². The summed E-state index contributed by atoms with van der Waals surface area (Å²) in [6.07, 6.45) is 2.23. The normalized spacial score (nSPS) is 16.5. The van der Waals surface area contributed by atoms with Crippen molar-refractivity contribution in [1.29, 1.82) is 0 Å². The van der Waals surface area contributed by atoms with Gasteiger partial charge in [0.25, 0.3) is 5.91 Å². The van der Waals surface area contributed by atoms with Crippen molar-refractivity contribution in [2.75, 3.05) is 38.9 Å². The first-order chi connectivity index (χ1) is 18.6. The lowest BCUT2D eigenvalue weighted by Gasteiger charge is -2.36. The summed E-state index contributed by atoms with van der Waals surface area (Å²) < 4.78 is 17.1. The highest BCUT2D eigenvalue weighted by Crippen LogP contribution is 2.40. The molecular formula is C26H34N5O7P. The number of aromatic nitrogens is 2. The van der Waals surface area contributed by atoms with E-state index in [4.69, 9.17) is 4.74 Å². The number of carbonyl (C=O) groups is 3. The van der Waals surface area contributed by atoms with Crippen LogP contribution in [0.1, 0.15) is 54.7 Å². The monoisotopic (exact) mass is 559 g/mol. The molecule has 1 unspecified atom stereocenters. The third kappa shape index (κ3) is 8.08. The van der Waals surface area contributed by atoms with Gasteiger partial charge in [-0.2, -0.15) is 0 Å². The number of ether oxygens (including phenoxy) is 1. The second-order valence-electron chi connectivity index (χ2n) is 9.80. The molecule has 3 N–H and O–H groups in total. The van der Waals surface area contributed by atoms with Crippen molar-refractivity contribution in [1.82, 2.24) is 25.1 Å². The van der Waals surface area contributed by atoms with Gasteiger partial charge in [-0.25, -0.2) is 14.8 Å². The van der Waals surface area contributed by atoms with Crippen LogP contribution >= 0.6 is 7.60 Å². The average Bonchev–Trinajstić information content (AvgIpc) is 3.78. The molecule has 13 heteroatoms. The minimum absolute atomic E-state index is 0.0221. The number of amides is 3. The SMILES string of the molecule is CCCCOC(=O)N1CCN(C(=O)C(CP(=O)(O)O)NC(=O)c2cc(C3CC3)nc(-c3ccccc3)n2)CC1. The maximum Gasteiger partial charge on any atom is 0.409 e. The minimum Gasteiger partial charge on any atom is -0.449 e. The highest BCUT2D eigenvalue weighted by Gasteiger charge is 2.35. The maximum atomic E-state index is 13.3. The van der Waals surface area contributed by atoms with Gasteiger partial charge in [0.05, 0.1) is 12.8 Å². The Morgan fingerprint density at radius 3 is 2.36 bits per heavy atom. The number of hydrogen-bond donors (Lipinski definition) is 3. The third-order valence-corrected chi connectivity index (χ3v) is 7.44. The number of nitrogens with zero attached hydrogens (tertiary/aromatic N) is 4. The molecule has 1 aromatic carbocycles. The van der Waals surface area contributed by atoms with E-state index >= 15 is 0 Å². The van der Waals surface area contributed by atoms with Crippen LogP contribution in [0.2, 0.25) is 0 Å². The van der Waals surface area contributed by atoms with Gasteiger partial charge in [-0.3, -0.25) is 14.2 Å².